The van der Waals surface area contributed by atoms with Crippen molar-refractivity contribution in [2.75, 3.05) is 5.73 Å². The van der Waals surface area contributed by atoms with E-state index in [0.717, 1.165) is 27.8 Å². The molecule has 0 spiro atoms. The standard InChI is InChI=1S/C17H19ClN4/c1-10-7-12(17(2,3)4)16(19)15(8-10)22-20-13-6-5-11(18)9-14(13)21-22/h5-9H,19H2,1-4H3. The Balaban J connectivity index is 2.24. The summed E-state index contributed by atoms with van der Waals surface area (Å²) in [7, 11) is 0. The number of fused-ring (bicyclic) bond motifs is 1. The first-order chi connectivity index (χ1) is 10.3. The average molecular weight is 315 g/mol. The van der Waals surface area contributed by atoms with E-state index in [1.54, 1.807) is 10.9 Å². The minimum absolute atomic E-state index is 0.0409. The summed E-state index contributed by atoms with van der Waals surface area (Å²) in [6.45, 7) is 8.50. The van der Waals surface area contributed by atoms with E-state index >= 15 is 0 Å². The van der Waals surface area contributed by atoms with Crippen LogP contribution < -0.4 is 5.73 Å². The topological polar surface area (TPSA) is 56.7 Å². The Hall–Kier alpha value is -2.07. The van der Waals surface area contributed by atoms with Gasteiger partial charge in [-0.1, -0.05) is 38.4 Å². The second-order valence-electron chi connectivity index (χ2n) is 6.62. The van der Waals surface area contributed by atoms with Crippen molar-refractivity contribution in [3.8, 4) is 5.69 Å². The molecule has 4 nitrogen and oxygen atoms in total. The third kappa shape index (κ3) is 2.55. The van der Waals surface area contributed by atoms with Crippen molar-refractivity contribution in [2.45, 2.75) is 33.1 Å². The Morgan fingerprint density at radius 3 is 2.41 bits per heavy atom. The van der Waals surface area contributed by atoms with E-state index in [9.17, 15) is 0 Å². The summed E-state index contributed by atoms with van der Waals surface area (Å²) in [6, 6.07) is 9.60. The second kappa shape index (κ2) is 4.99. The van der Waals surface area contributed by atoms with Crippen LogP contribution in [0.2, 0.25) is 5.02 Å². The van der Waals surface area contributed by atoms with Gasteiger partial charge in [-0.25, -0.2) is 0 Å². The molecule has 3 rings (SSSR count). The van der Waals surface area contributed by atoms with Gasteiger partial charge < -0.3 is 5.73 Å². The van der Waals surface area contributed by atoms with E-state index in [1.165, 1.54) is 0 Å². The highest BCUT2D eigenvalue weighted by atomic mass is 35.5. The first-order valence-electron chi connectivity index (χ1n) is 7.19. The van der Waals surface area contributed by atoms with Crippen molar-refractivity contribution < 1.29 is 0 Å². The van der Waals surface area contributed by atoms with Crippen molar-refractivity contribution in [1.82, 2.24) is 15.0 Å². The number of hydrogen-bond donors (Lipinski definition) is 1. The van der Waals surface area contributed by atoms with Crippen LogP contribution in [0, 0.1) is 6.92 Å². The number of aromatic nitrogens is 3. The number of nitrogens with zero attached hydrogens (tertiary/aromatic N) is 3. The van der Waals surface area contributed by atoms with E-state index in [1.807, 2.05) is 18.2 Å². The van der Waals surface area contributed by atoms with E-state index in [0.29, 0.717) is 10.7 Å². The highest BCUT2D eigenvalue weighted by Crippen LogP contribution is 2.33. The van der Waals surface area contributed by atoms with Crippen LogP contribution in [-0.2, 0) is 5.41 Å². The smallest absolute Gasteiger partial charge is 0.115 e. The predicted octanol–water partition coefficient (Wildman–Crippen LogP) is 4.26. The van der Waals surface area contributed by atoms with E-state index < -0.39 is 0 Å². The van der Waals surface area contributed by atoms with Gasteiger partial charge in [-0.2, -0.15) is 0 Å². The van der Waals surface area contributed by atoms with Crippen LogP contribution in [0.4, 0.5) is 5.69 Å². The van der Waals surface area contributed by atoms with Gasteiger partial charge in [-0.05, 0) is 47.7 Å². The molecule has 1 heterocycles. The number of aryl methyl sites for hydroxylation is 1. The Labute approximate surface area is 134 Å². The highest BCUT2D eigenvalue weighted by Gasteiger charge is 2.21. The summed E-state index contributed by atoms with van der Waals surface area (Å²) in [5.74, 6) is 0. The van der Waals surface area contributed by atoms with Gasteiger partial charge in [-0.3, -0.25) is 0 Å². The number of halogens is 1. The van der Waals surface area contributed by atoms with E-state index in [4.69, 9.17) is 17.3 Å². The molecule has 2 aromatic carbocycles. The molecule has 0 unspecified atom stereocenters. The van der Waals surface area contributed by atoms with Crippen molar-refractivity contribution in [2.24, 2.45) is 0 Å². The maximum absolute atomic E-state index is 6.40. The van der Waals surface area contributed by atoms with Crippen LogP contribution >= 0.6 is 11.6 Å². The number of nitrogen functional groups attached to an aromatic ring is 1. The fourth-order valence-corrected chi connectivity index (χ4v) is 2.73. The lowest BCUT2D eigenvalue weighted by Crippen LogP contribution is -2.16. The zero-order valence-electron chi connectivity index (χ0n) is 13.2. The fourth-order valence-electron chi connectivity index (χ4n) is 2.56. The molecule has 0 saturated heterocycles. The largest absolute Gasteiger partial charge is 0.397 e. The molecule has 3 aromatic rings. The molecular weight excluding hydrogens is 296 g/mol. The number of rotatable bonds is 1. The Bertz CT molecular complexity index is 859. The van der Waals surface area contributed by atoms with Crippen LogP contribution in [0.3, 0.4) is 0 Å². The lowest BCUT2D eigenvalue weighted by molar-refractivity contribution is 0.590. The lowest BCUT2D eigenvalue weighted by atomic mass is 9.84. The number of benzene rings is 2. The maximum Gasteiger partial charge on any atom is 0.115 e. The molecule has 5 heteroatoms. The van der Waals surface area contributed by atoms with Crippen molar-refractivity contribution in [3.05, 3.63) is 46.5 Å². The maximum atomic E-state index is 6.40. The van der Waals surface area contributed by atoms with Crippen LogP contribution in [0.1, 0.15) is 31.9 Å². The third-order valence-electron chi connectivity index (χ3n) is 3.67. The summed E-state index contributed by atoms with van der Waals surface area (Å²) in [4.78, 5) is 1.60. The first-order valence-corrected chi connectivity index (χ1v) is 7.57. The van der Waals surface area contributed by atoms with Crippen molar-refractivity contribution in [1.29, 1.82) is 0 Å². The molecule has 0 saturated carbocycles. The predicted molar refractivity (Wildman–Crippen MR) is 91.7 cm³/mol. The highest BCUT2D eigenvalue weighted by molar-refractivity contribution is 6.31. The van der Waals surface area contributed by atoms with Gasteiger partial charge >= 0.3 is 0 Å². The second-order valence-corrected chi connectivity index (χ2v) is 7.05. The molecule has 2 N–H and O–H groups in total. The molecule has 22 heavy (non-hydrogen) atoms. The Kier molecular flexibility index (Phi) is 3.37. The van der Waals surface area contributed by atoms with Crippen LogP contribution in [0.15, 0.2) is 30.3 Å². The quantitative estimate of drug-likeness (QED) is 0.683. The van der Waals surface area contributed by atoms with Crippen LogP contribution in [-0.4, -0.2) is 15.0 Å². The van der Waals surface area contributed by atoms with Gasteiger partial charge in [0.15, 0.2) is 0 Å². The summed E-state index contributed by atoms with van der Waals surface area (Å²) < 4.78 is 0. The molecule has 0 atom stereocenters. The molecule has 1 aromatic heterocycles. The molecule has 0 aliphatic carbocycles. The molecule has 0 radical (unpaired) electrons. The summed E-state index contributed by atoms with van der Waals surface area (Å²) >= 11 is 6.01. The number of hydrogen-bond acceptors (Lipinski definition) is 3. The van der Waals surface area contributed by atoms with Gasteiger partial charge in [0.2, 0.25) is 0 Å². The minimum atomic E-state index is -0.0409. The lowest BCUT2D eigenvalue weighted by Gasteiger charge is -2.23. The van der Waals surface area contributed by atoms with Gasteiger partial charge in [-0.15, -0.1) is 15.0 Å². The summed E-state index contributed by atoms with van der Waals surface area (Å²) in [5.41, 5.74) is 11.7. The molecule has 114 valence electrons. The normalized spacial score (nSPS) is 12.0. The van der Waals surface area contributed by atoms with Gasteiger partial charge in [0.05, 0.1) is 5.69 Å². The van der Waals surface area contributed by atoms with E-state index in [2.05, 4.69) is 44.0 Å². The summed E-state index contributed by atoms with van der Waals surface area (Å²) in [6.07, 6.45) is 0. The van der Waals surface area contributed by atoms with Crippen LogP contribution in [0.5, 0.6) is 0 Å². The molecule has 0 aliphatic rings. The monoisotopic (exact) mass is 314 g/mol. The molecular formula is C17H19ClN4. The average Bonchev–Trinajstić information content (AvgIpc) is 2.82. The van der Waals surface area contributed by atoms with Gasteiger partial charge in [0.25, 0.3) is 0 Å². The van der Waals surface area contributed by atoms with Gasteiger partial charge in [0, 0.05) is 5.02 Å². The Morgan fingerprint density at radius 1 is 1.05 bits per heavy atom. The first kappa shape index (κ1) is 14.9. The zero-order chi connectivity index (χ0) is 16.1. The zero-order valence-corrected chi connectivity index (χ0v) is 13.9. The fraction of sp³-hybridized carbons (Fsp3) is 0.294. The minimum Gasteiger partial charge on any atom is -0.397 e. The summed E-state index contributed by atoms with van der Waals surface area (Å²) in [5, 5.41) is 9.67. The third-order valence-corrected chi connectivity index (χ3v) is 3.90. The van der Waals surface area contributed by atoms with Crippen LogP contribution in [0.25, 0.3) is 16.7 Å². The number of nitrogens with two attached hydrogens (primary N) is 1. The van der Waals surface area contributed by atoms with Crippen molar-refractivity contribution in [3.63, 3.8) is 0 Å². The van der Waals surface area contributed by atoms with E-state index in [-0.39, 0.29) is 5.41 Å². The SMILES string of the molecule is Cc1cc(-n2nc3ccc(Cl)cc3n2)c(N)c(C(C)(C)C)c1. The Morgan fingerprint density at radius 2 is 1.73 bits per heavy atom. The number of anilines is 1. The van der Waals surface area contributed by atoms with Crippen molar-refractivity contribution >= 4 is 28.3 Å². The molecule has 0 bridgehead atoms. The molecule has 0 fully saturated rings. The molecule has 0 amide bonds. The van der Waals surface area contributed by atoms with Gasteiger partial charge in [0.1, 0.15) is 16.7 Å². The molecule has 0 aliphatic heterocycles.